The molecule has 0 aromatic heterocycles. The van der Waals surface area contributed by atoms with Gasteiger partial charge in [0.2, 0.25) is 17.6 Å². The SMILES string of the molecule is C=CCNC(=O)C(=O)C(CC1CCC1)NC(=O)[C@@H]1C[C@@H](C(C)C)CN1C(=O)[C@@H](NC(=O)NC1(CS(=O)(=O)C(C)(C)C)CCCCC1)C1Cc2ccccc2C1. The normalized spacial score (nSPS) is 22.5. The molecule has 5 rings (SSSR count). The van der Waals surface area contributed by atoms with Gasteiger partial charge in [-0.3, -0.25) is 19.2 Å². The van der Waals surface area contributed by atoms with Crippen molar-refractivity contribution in [1.29, 1.82) is 0 Å². The Balaban J connectivity index is 1.42. The number of nitrogens with zero attached hydrogens (tertiary/aromatic N) is 1. The lowest BCUT2D eigenvalue weighted by Gasteiger charge is -2.40. The molecule has 1 aliphatic heterocycles. The van der Waals surface area contributed by atoms with Crippen molar-refractivity contribution in [2.45, 2.75) is 140 Å². The number of carbonyl (C=O) groups is 5. The number of fused-ring (bicyclic) bond motifs is 1. The third kappa shape index (κ3) is 10.2. The summed E-state index contributed by atoms with van der Waals surface area (Å²) in [6, 6.07) is 4.40. The van der Waals surface area contributed by atoms with Crippen LogP contribution in [0.25, 0.3) is 0 Å². The van der Waals surface area contributed by atoms with E-state index in [0.717, 1.165) is 49.7 Å². The number of hydrogen-bond acceptors (Lipinski definition) is 7. The van der Waals surface area contributed by atoms with Crippen LogP contribution in [0.3, 0.4) is 0 Å². The minimum absolute atomic E-state index is 0.0141. The number of urea groups is 1. The Kier molecular flexibility index (Phi) is 13.6. The third-order valence-corrected chi connectivity index (χ3v) is 15.4. The van der Waals surface area contributed by atoms with Crippen LogP contribution in [0.15, 0.2) is 36.9 Å². The van der Waals surface area contributed by atoms with Gasteiger partial charge >= 0.3 is 6.03 Å². The first kappa shape index (κ1) is 42.4. The van der Waals surface area contributed by atoms with Gasteiger partial charge in [-0.25, -0.2) is 13.2 Å². The number of carbonyl (C=O) groups excluding carboxylic acids is 5. The smallest absolute Gasteiger partial charge is 0.315 e. The molecule has 304 valence electrons. The second kappa shape index (κ2) is 17.6. The number of likely N-dealkylation sites (tertiary alicyclic amines) is 1. The Morgan fingerprint density at radius 2 is 1.58 bits per heavy atom. The molecule has 1 saturated heterocycles. The summed E-state index contributed by atoms with van der Waals surface area (Å²) in [5, 5.41) is 11.5. The predicted molar refractivity (Wildman–Crippen MR) is 213 cm³/mol. The zero-order chi connectivity index (χ0) is 40.1. The summed E-state index contributed by atoms with van der Waals surface area (Å²) < 4.78 is 26.0. The fourth-order valence-electron chi connectivity index (χ4n) is 8.74. The van der Waals surface area contributed by atoms with E-state index in [1.54, 1.807) is 25.7 Å². The highest BCUT2D eigenvalue weighted by atomic mass is 32.2. The summed E-state index contributed by atoms with van der Waals surface area (Å²) in [5.74, 6) is -2.53. The molecule has 1 aromatic rings. The fraction of sp³-hybridized carbons (Fsp3) is 0.690. The van der Waals surface area contributed by atoms with E-state index in [1.807, 2.05) is 38.1 Å². The van der Waals surface area contributed by atoms with Crippen LogP contribution >= 0.6 is 0 Å². The lowest BCUT2D eigenvalue weighted by molar-refractivity contribution is -0.143. The van der Waals surface area contributed by atoms with Crippen molar-refractivity contribution in [3.05, 3.63) is 48.0 Å². The predicted octanol–water partition coefficient (Wildman–Crippen LogP) is 4.40. The van der Waals surface area contributed by atoms with Gasteiger partial charge in [-0.2, -0.15) is 0 Å². The van der Waals surface area contributed by atoms with Crippen molar-refractivity contribution in [1.82, 2.24) is 26.2 Å². The van der Waals surface area contributed by atoms with Gasteiger partial charge < -0.3 is 26.2 Å². The van der Waals surface area contributed by atoms with Crippen molar-refractivity contribution in [2.75, 3.05) is 18.8 Å². The van der Waals surface area contributed by atoms with Crippen LogP contribution < -0.4 is 21.3 Å². The van der Waals surface area contributed by atoms with Crippen molar-refractivity contribution in [3.63, 3.8) is 0 Å². The third-order valence-electron chi connectivity index (χ3n) is 12.6. The molecule has 2 saturated carbocycles. The van der Waals surface area contributed by atoms with Gasteiger partial charge in [-0.1, -0.05) is 82.7 Å². The van der Waals surface area contributed by atoms with Crippen LogP contribution in [-0.4, -0.2) is 90.1 Å². The summed E-state index contributed by atoms with van der Waals surface area (Å²) in [7, 11) is -3.59. The first-order valence-electron chi connectivity index (χ1n) is 20.3. The number of Topliss-reactive ketones (excluding diaryl/α,β-unsaturated/α-hetero) is 1. The summed E-state index contributed by atoms with van der Waals surface area (Å²) in [4.78, 5) is 71.1. The zero-order valence-corrected chi connectivity index (χ0v) is 34.3. The average molecular weight is 782 g/mol. The number of hydrogen-bond donors (Lipinski definition) is 4. The molecule has 3 aliphatic carbocycles. The molecule has 12 nitrogen and oxygen atoms in total. The van der Waals surface area contributed by atoms with E-state index in [9.17, 15) is 32.4 Å². The van der Waals surface area contributed by atoms with Crippen molar-refractivity contribution < 1.29 is 32.4 Å². The van der Waals surface area contributed by atoms with Crippen molar-refractivity contribution in [3.8, 4) is 0 Å². The molecule has 4 N–H and O–H groups in total. The molecule has 4 atom stereocenters. The molecule has 5 amide bonds. The summed E-state index contributed by atoms with van der Waals surface area (Å²) in [6.07, 6.45) is 9.70. The molecule has 1 heterocycles. The molecule has 13 heteroatoms. The van der Waals surface area contributed by atoms with Crippen LogP contribution in [0.1, 0.15) is 110 Å². The Labute approximate surface area is 327 Å². The molecule has 3 fully saturated rings. The van der Waals surface area contributed by atoms with Gasteiger partial charge in [0.1, 0.15) is 12.1 Å². The molecule has 0 spiro atoms. The van der Waals surface area contributed by atoms with E-state index in [4.69, 9.17) is 0 Å². The quantitative estimate of drug-likeness (QED) is 0.151. The number of amides is 5. The summed E-state index contributed by atoms with van der Waals surface area (Å²) in [6.45, 7) is 13.1. The molecular weight excluding hydrogens is 719 g/mol. The molecule has 0 bridgehead atoms. The fourth-order valence-corrected chi connectivity index (χ4v) is 10.3. The van der Waals surface area contributed by atoms with Crippen LogP contribution in [0, 0.1) is 23.7 Å². The maximum absolute atomic E-state index is 15.0. The van der Waals surface area contributed by atoms with Gasteiger partial charge in [0.05, 0.1) is 22.1 Å². The van der Waals surface area contributed by atoms with Crippen LogP contribution in [0.4, 0.5) is 4.79 Å². The Hall–Kier alpha value is -3.74. The van der Waals surface area contributed by atoms with E-state index >= 15 is 0 Å². The van der Waals surface area contributed by atoms with Gasteiger partial charge in [0.15, 0.2) is 9.84 Å². The van der Waals surface area contributed by atoms with Gasteiger partial charge in [-0.15, -0.1) is 6.58 Å². The number of nitrogens with one attached hydrogen (secondary N) is 4. The van der Waals surface area contributed by atoms with Crippen LogP contribution in [0.5, 0.6) is 0 Å². The minimum Gasteiger partial charge on any atom is -0.346 e. The number of rotatable bonds is 15. The number of ketones is 1. The first-order valence-corrected chi connectivity index (χ1v) is 22.0. The standard InChI is InChI=1S/C42H63N5O7S/c1-7-20-43-38(50)36(48)33(21-28-14-13-15-28)44-37(49)34-24-32(27(2)3)25-47(34)39(51)35(31-22-29-16-9-10-17-30(29)23-31)45-40(52)46-42(18-11-8-12-19-42)26-55(53,54)41(4,5)6/h7,9-10,16-17,27-28,31-35H,1,8,11-15,18-26H2,2-6H3,(H,43,50)(H,44,49)(H2,45,46,52)/t32-,33?,34+,35+/m1/s1. The maximum atomic E-state index is 15.0. The van der Waals surface area contributed by atoms with Gasteiger partial charge in [0, 0.05) is 13.1 Å². The largest absolute Gasteiger partial charge is 0.346 e. The van der Waals surface area contributed by atoms with Crippen LogP contribution in [-0.2, 0) is 41.9 Å². The van der Waals surface area contributed by atoms with Crippen LogP contribution in [0.2, 0.25) is 0 Å². The van der Waals surface area contributed by atoms with Crippen molar-refractivity contribution in [2.24, 2.45) is 23.7 Å². The Morgan fingerprint density at radius 1 is 0.945 bits per heavy atom. The topological polar surface area (TPSA) is 171 Å². The first-order chi connectivity index (χ1) is 25.9. The highest BCUT2D eigenvalue weighted by Gasteiger charge is 2.48. The summed E-state index contributed by atoms with van der Waals surface area (Å²) in [5.41, 5.74) is 1.21. The lowest BCUT2D eigenvalue weighted by atomic mass is 9.80. The molecule has 1 aromatic carbocycles. The highest BCUT2D eigenvalue weighted by molar-refractivity contribution is 7.92. The number of benzene rings is 1. The van der Waals surface area contributed by atoms with E-state index in [-0.39, 0.29) is 41.9 Å². The van der Waals surface area contributed by atoms with E-state index < -0.39 is 61.9 Å². The second-order valence-corrected chi connectivity index (χ2v) is 20.7. The highest BCUT2D eigenvalue weighted by Crippen LogP contribution is 2.36. The zero-order valence-electron chi connectivity index (χ0n) is 33.5. The van der Waals surface area contributed by atoms with E-state index in [0.29, 0.717) is 45.1 Å². The monoisotopic (exact) mass is 781 g/mol. The Bertz CT molecular complexity index is 1680. The van der Waals surface area contributed by atoms with Gasteiger partial charge in [-0.05, 0) is 94.1 Å². The van der Waals surface area contributed by atoms with E-state index in [2.05, 4.69) is 27.8 Å². The molecule has 1 unspecified atom stereocenters. The molecule has 55 heavy (non-hydrogen) atoms. The second-order valence-electron chi connectivity index (χ2n) is 17.9. The average Bonchev–Trinajstić information content (AvgIpc) is 3.75. The maximum Gasteiger partial charge on any atom is 0.315 e. The van der Waals surface area contributed by atoms with E-state index in [1.165, 1.54) is 6.08 Å². The molecular formula is C42H63N5O7S. The Morgan fingerprint density at radius 3 is 2.13 bits per heavy atom. The number of sulfone groups is 1. The molecule has 4 aliphatic rings. The minimum atomic E-state index is -3.59. The van der Waals surface area contributed by atoms with Crippen molar-refractivity contribution >= 4 is 39.4 Å². The summed E-state index contributed by atoms with van der Waals surface area (Å²) >= 11 is 0. The van der Waals surface area contributed by atoms with Gasteiger partial charge in [0.25, 0.3) is 5.91 Å². The molecule has 0 radical (unpaired) electrons. The lowest BCUT2D eigenvalue weighted by Crippen LogP contribution is -2.62.